The topological polar surface area (TPSA) is 34.1 Å². The van der Waals surface area contributed by atoms with E-state index in [0.29, 0.717) is 0 Å². The lowest BCUT2D eigenvalue weighted by Gasteiger charge is -2.24. The first kappa shape index (κ1) is 20.0. The van der Waals surface area contributed by atoms with Gasteiger partial charge in [-0.15, -0.1) is 0 Å². The van der Waals surface area contributed by atoms with Gasteiger partial charge in [-0.3, -0.25) is 0 Å². The highest BCUT2D eigenvalue weighted by molar-refractivity contribution is 5.64. The van der Waals surface area contributed by atoms with Gasteiger partial charge >= 0.3 is 0 Å². The Kier molecular flexibility index (Phi) is 6.43. The van der Waals surface area contributed by atoms with Gasteiger partial charge in [-0.2, -0.15) is 0 Å². The SMILES string of the molecule is CCN(C)C=Nc1cc(C)c(Oc2cccc(C(C)(C)OC)c2)cc1C. The van der Waals surface area contributed by atoms with Gasteiger partial charge in [0.05, 0.1) is 17.6 Å². The monoisotopic (exact) mass is 354 g/mol. The Bertz CT molecular complexity index is 782. The summed E-state index contributed by atoms with van der Waals surface area (Å²) in [4.78, 5) is 6.62. The van der Waals surface area contributed by atoms with Crippen LogP contribution in [0, 0.1) is 13.8 Å². The van der Waals surface area contributed by atoms with Gasteiger partial charge in [0.25, 0.3) is 0 Å². The molecule has 2 rings (SSSR count). The number of methoxy groups -OCH3 is 1. The van der Waals surface area contributed by atoms with E-state index in [-0.39, 0.29) is 5.60 Å². The molecule has 4 nitrogen and oxygen atoms in total. The van der Waals surface area contributed by atoms with Crippen molar-refractivity contribution >= 4 is 12.0 Å². The van der Waals surface area contributed by atoms with E-state index in [2.05, 4.69) is 31.0 Å². The lowest BCUT2D eigenvalue weighted by atomic mass is 9.98. The van der Waals surface area contributed by atoms with Crippen molar-refractivity contribution in [2.75, 3.05) is 20.7 Å². The molecular formula is C22H30N2O2. The van der Waals surface area contributed by atoms with Gasteiger partial charge in [-0.1, -0.05) is 12.1 Å². The summed E-state index contributed by atoms with van der Waals surface area (Å²) in [5.41, 5.74) is 3.83. The second-order valence-corrected chi connectivity index (χ2v) is 7.07. The van der Waals surface area contributed by atoms with Gasteiger partial charge in [-0.25, -0.2) is 4.99 Å². The van der Waals surface area contributed by atoms with Crippen LogP contribution < -0.4 is 4.74 Å². The fourth-order valence-electron chi connectivity index (χ4n) is 2.44. The predicted octanol–water partition coefficient (Wildman–Crippen LogP) is 5.59. The summed E-state index contributed by atoms with van der Waals surface area (Å²) in [7, 11) is 3.73. The average molecular weight is 354 g/mol. The van der Waals surface area contributed by atoms with E-state index in [4.69, 9.17) is 9.47 Å². The van der Waals surface area contributed by atoms with Crippen LogP contribution in [-0.2, 0) is 10.3 Å². The summed E-state index contributed by atoms with van der Waals surface area (Å²) in [6.07, 6.45) is 1.86. The van der Waals surface area contributed by atoms with Gasteiger partial charge < -0.3 is 14.4 Å². The van der Waals surface area contributed by atoms with Crippen LogP contribution in [0.15, 0.2) is 41.4 Å². The molecule has 4 heteroatoms. The van der Waals surface area contributed by atoms with Crippen molar-refractivity contribution < 1.29 is 9.47 Å². The van der Waals surface area contributed by atoms with Crippen LogP contribution in [0.3, 0.4) is 0 Å². The molecule has 26 heavy (non-hydrogen) atoms. The third-order valence-electron chi connectivity index (χ3n) is 4.65. The van der Waals surface area contributed by atoms with Crippen LogP contribution in [-0.4, -0.2) is 31.9 Å². The molecule has 0 atom stereocenters. The highest BCUT2D eigenvalue weighted by atomic mass is 16.5. The number of nitrogens with zero attached hydrogens (tertiary/aromatic N) is 2. The van der Waals surface area contributed by atoms with Gasteiger partial charge in [0, 0.05) is 20.7 Å². The molecule has 0 N–H and O–H groups in total. The van der Waals surface area contributed by atoms with Crippen molar-refractivity contribution in [1.82, 2.24) is 4.90 Å². The number of benzene rings is 2. The Hall–Kier alpha value is -2.33. The number of aryl methyl sites for hydroxylation is 2. The molecule has 0 aromatic heterocycles. The van der Waals surface area contributed by atoms with Crippen LogP contribution in [0.1, 0.15) is 37.5 Å². The van der Waals surface area contributed by atoms with Crippen LogP contribution in [0.25, 0.3) is 0 Å². The molecule has 0 amide bonds. The molecule has 0 aliphatic heterocycles. The van der Waals surface area contributed by atoms with Crippen molar-refractivity contribution in [3.8, 4) is 11.5 Å². The number of hydrogen-bond acceptors (Lipinski definition) is 3. The molecule has 0 bridgehead atoms. The Morgan fingerprint density at radius 1 is 1.12 bits per heavy atom. The van der Waals surface area contributed by atoms with Crippen molar-refractivity contribution in [2.24, 2.45) is 4.99 Å². The zero-order valence-electron chi connectivity index (χ0n) is 17.0. The first-order chi connectivity index (χ1) is 12.3. The summed E-state index contributed by atoms with van der Waals surface area (Å²) in [5.74, 6) is 1.65. The highest BCUT2D eigenvalue weighted by Crippen LogP contribution is 2.33. The predicted molar refractivity (Wildman–Crippen MR) is 109 cm³/mol. The lowest BCUT2D eigenvalue weighted by Crippen LogP contribution is -2.19. The fourth-order valence-corrected chi connectivity index (χ4v) is 2.44. The van der Waals surface area contributed by atoms with E-state index in [1.807, 2.05) is 63.3 Å². The van der Waals surface area contributed by atoms with E-state index >= 15 is 0 Å². The summed E-state index contributed by atoms with van der Waals surface area (Å²) in [5, 5.41) is 0. The smallest absolute Gasteiger partial charge is 0.130 e. The Morgan fingerprint density at radius 3 is 2.50 bits per heavy atom. The Morgan fingerprint density at radius 2 is 1.85 bits per heavy atom. The standard InChI is InChI=1S/C22H30N2O2/c1-8-24(6)15-23-20-12-17(3)21(13-16(20)2)26-19-11-9-10-18(14-19)22(4,5)25-7/h9-15H,8H2,1-7H3. The minimum atomic E-state index is -0.353. The van der Waals surface area contributed by atoms with E-state index in [1.54, 1.807) is 7.11 Å². The minimum absolute atomic E-state index is 0.353. The molecule has 2 aromatic rings. The van der Waals surface area contributed by atoms with Crippen LogP contribution in [0.5, 0.6) is 11.5 Å². The Balaban J connectivity index is 2.27. The van der Waals surface area contributed by atoms with E-state index < -0.39 is 0 Å². The minimum Gasteiger partial charge on any atom is -0.457 e. The third-order valence-corrected chi connectivity index (χ3v) is 4.65. The highest BCUT2D eigenvalue weighted by Gasteiger charge is 2.20. The van der Waals surface area contributed by atoms with E-state index in [0.717, 1.165) is 40.4 Å². The largest absolute Gasteiger partial charge is 0.457 e. The summed E-state index contributed by atoms with van der Waals surface area (Å²) in [6.45, 7) is 11.2. The lowest BCUT2D eigenvalue weighted by molar-refractivity contribution is 0.0191. The Labute approximate surface area is 157 Å². The van der Waals surface area contributed by atoms with Crippen LogP contribution in [0.2, 0.25) is 0 Å². The third kappa shape index (κ3) is 4.85. The van der Waals surface area contributed by atoms with E-state index in [1.165, 1.54) is 0 Å². The van der Waals surface area contributed by atoms with Gasteiger partial charge in [0.1, 0.15) is 11.5 Å². The second-order valence-electron chi connectivity index (χ2n) is 7.07. The first-order valence-corrected chi connectivity index (χ1v) is 8.96. The van der Waals surface area contributed by atoms with Gasteiger partial charge in [-0.05, 0) is 75.6 Å². The molecule has 0 saturated carbocycles. The molecule has 0 fully saturated rings. The van der Waals surface area contributed by atoms with E-state index in [9.17, 15) is 0 Å². The molecule has 0 radical (unpaired) electrons. The zero-order chi connectivity index (χ0) is 19.3. The maximum atomic E-state index is 6.15. The fraction of sp³-hybridized carbons (Fsp3) is 0.409. The van der Waals surface area contributed by atoms with Crippen LogP contribution >= 0.6 is 0 Å². The normalized spacial score (nSPS) is 11.8. The quantitative estimate of drug-likeness (QED) is 0.480. The van der Waals surface area contributed by atoms with Gasteiger partial charge in [0.2, 0.25) is 0 Å². The molecular weight excluding hydrogens is 324 g/mol. The van der Waals surface area contributed by atoms with Crippen molar-refractivity contribution in [2.45, 2.75) is 40.2 Å². The molecule has 0 spiro atoms. The molecule has 0 aliphatic rings. The molecule has 0 aliphatic carbocycles. The number of ether oxygens (including phenoxy) is 2. The van der Waals surface area contributed by atoms with Gasteiger partial charge in [0.15, 0.2) is 0 Å². The summed E-state index contributed by atoms with van der Waals surface area (Å²) >= 11 is 0. The van der Waals surface area contributed by atoms with Crippen LogP contribution in [0.4, 0.5) is 5.69 Å². The molecule has 0 saturated heterocycles. The number of aliphatic imine (C=N–C) groups is 1. The maximum Gasteiger partial charge on any atom is 0.130 e. The van der Waals surface area contributed by atoms with Crippen molar-refractivity contribution in [3.63, 3.8) is 0 Å². The molecule has 0 unspecified atom stereocenters. The second kappa shape index (κ2) is 8.37. The first-order valence-electron chi connectivity index (χ1n) is 8.96. The molecule has 140 valence electrons. The van der Waals surface area contributed by atoms with Crippen molar-refractivity contribution in [3.05, 3.63) is 53.1 Å². The van der Waals surface area contributed by atoms with Crippen molar-refractivity contribution in [1.29, 1.82) is 0 Å². The summed E-state index contributed by atoms with van der Waals surface area (Å²) < 4.78 is 11.7. The molecule has 2 aromatic carbocycles. The summed E-state index contributed by atoms with van der Waals surface area (Å²) in [6, 6.07) is 12.1. The number of hydrogen-bond donors (Lipinski definition) is 0. The number of rotatable bonds is 7. The average Bonchev–Trinajstić information content (AvgIpc) is 2.63. The maximum absolute atomic E-state index is 6.15. The molecule has 0 heterocycles. The zero-order valence-corrected chi connectivity index (χ0v) is 17.0.